The summed E-state index contributed by atoms with van der Waals surface area (Å²) in [6, 6.07) is 17.8. The number of rotatable bonds is 4. The molecular weight excluding hydrogens is 372 g/mol. The number of nitrogens with one attached hydrogen (secondary N) is 1. The van der Waals surface area contributed by atoms with E-state index in [-0.39, 0.29) is 12.6 Å². The van der Waals surface area contributed by atoms with Gasteiger partial charge in [-0.2, -0.15) is 0 Å². The fourth-order valence-corrected chi connectivity index (χ4v) is 4.66. The Bertz CT molecular complexity index is 967. The molecule has 8 nitrogen and oxygen atoms in total. The molecular formula is C21H22N4O4. The van der Waals surface area contributed by atoms with Gasteiger partial charge in [0.15, 0.2) is 11.3 Å². The van der Waals surface area contributed by atoms with Crippen molar-refractivity contribution in [2.75, 3.05) is 27.7 Å². The normalized spacial score (nSPS) is 25.8. The highest BCUT2D eigenvalue weighted by Crippen LogP contribution is 2.56. The number of esters is 1. The minimum Gasteiger partial charge on any atom is -0.468 e. The summed E-state index contributed by atoms with van der Waals surface area (Å²) in [4.78, 5) is 43.1. The van der Waals surface area contributed by atoms with Gasteiger partial charge in [0, 0.05) is 25.2 Å². The van der Waals surface area contributed by atoms with Crippen LogP contribution >= 0.6 is 0 Å². The highest BCUT2D eigenvalue weighted by Gasteiger charge is 2.75. The second-order valence-electron chi connectivity index (χ2n) is 7.11. The summed E-state index contributed by atoms with van der Waals surface area (Å²) in [6.45, 7) is -0.308. The number of fused-ring (bicyclic) bond motifs is 1. The third-order valence-electron chi connectivity index (χ3n) is 5.87. The van der Waals surface area contributed by atoms with Crippen LogP contribution in [0.15, 0.2) is 60.7 Å². The largest absolute Gasteiger partial charge is 0.468 e. The number of methoxy groups -OCH3 is 1. The van der Waals surface area contributed by atoms with Gasteiger partial charge in [-0.1, -0.05) is 60.7 Å². The van der Waals surface area contributed by atoms with Gasteiger partial charge in [-0.25, -0.2) is 9.59 Å². The smallest absolute Gasteiger partial charge is 0.325 e. The third kappa shape index (κ3) is 2.22. The van der Waals surface area contributed by atoms with Crippen LogP contribution in [0.1, 0.15) is 11.1 Å². The predicted molar refractivity (Wildman–Crippen MR) is 104 cm³/mol. The van der Waals surface area contributed by atoms with Crippen LogP contribution in [-0.2, 0) is 20.9 Å². The summed E-state index contributed by atoms with van der Waals surface area (Å²) in [7, 11) is 4.56. The van der Waals surface area contributed by atoms with Crippen molar-refractivity contribution in [1.82, 2.24) is 20.0 Å². The van der Waals surface area contributed by atoms with Crippen LogP contribution < -0.4 is 5.32 Å². The molecule has 0 aromatic heterocycles. The number of urea groups is 2. The lowest BCUT2D eigenvalue weighted by Crippen LogP contribution is -2.62. The van der Waals surface area contributed by atoms with E-state index in [0.29, 0.717) is 5.56 Å². The van der Waals surface area contributed by atoms with Crippen LogP contribution in [0, 0.1) is 0 Å². The van der Waals surface area contributed by atoms with Gasteiger partial charge in [0.05, 0.1) is 7.11 Å². The van der Waals surface area contributed by atoms with E-state index >= 15 is 0 Å². The lowest BCUT2D eigenvalue weighted by molar-refractivity contribution is -0.144. The van der Waals surface area contributed by atoms with Gasteiger partial charge in [0.2, 0.25) is 0 Å². The number of hydrogen-bond donors (Lipinski definition) is 1. The molecule has 0 unspecified atom stereocenters. The first-order chi connectivity index (χ1) is 13.9. The van der Waals surface area contributed by atoms with Crippen LogP contribution in [0.3, 0.4) is 0 Å². The summed E-state index contributed by atoms with van der Waals surface area (Å²) in [5.41, 5.74) is -1.12. The molecule has 0 spiro atoms. The number of benzene rings is 2. The SMILES string of the molecule is COC(=O)CN1C(=O)N[C@]2(c3ccccc3)N(C)C(=O)N(C)[C@]12c1ccccc1. The maximum Gasteiger partial charge on any atom is 0.325 e. The molecule has 4 amide bonds. The maximum absolute atomic E-state index is 13.2. The van der Waals surface area contributed by atoms with E-state index in [9.17, 15) is 14.4 Å². The van der Waals surface area contributed by atoms with Gasteiger partial charge in [0.1, 0.15) is 6.54 Å². The van der Waals surface area contributed by atoms with E-state index < -0.39 is 23.3 Å². The van der Waals surface area contributed by atoms with Crippen LogP contribution in [0.2, 0.25) is 0 Å². The highest BCUT2D eigenvalue weighted by atomic mass is 16.5. The summed E-state index contributed by atoms with van der Waals surface area (Å²) in [6.07, 6.45) is 0. The van der Waals surface area contributed by atoms with Crippen molar-refractivity contribution in [3.63, 3.8) is 0 Å². The average Bonchev–Trinajstić information content (AvgIpc) is 3.11. The molecule has 0 aliphatic carbocycles. The van der Waals surface area contributed by atoms with Crippen molar-refractivity contribution in [3.05, 3.63) is 71.8 Å². The molecule has 2 aliphatic heterocycles. The molecule has 2 atom stereocenters. The Balaban J connectivity index is 2.07. The predicted octanol–water partition coefficient (Wildman–Crippen LogP) is 1.89. The second kappa shape index (κ2) is 6.51. The van der Waals surface area contributed by atoms with Crippen molar-refractivity contribution in [3.8, 4) is 0 Å². The van der Waals surface area contributed by atoms with Gasteiger partial charge in [-0.3, -0.25) is 19.5 Å². The number of nitrogens with zero attached hydrogens (tertiary/aromatic N) is 3. The number of carbonyl (C=O) groups excluding carboxylic acids is 3. The first-order valence-corrected chi connectivity index (χ1v) is 9.20. The number of hydrogen-bond acceptors (Lipinski definition) is 4. The molecule has 2 aliphatic rings. The van der Waals surface area contributed by atoms with Crippen molar-refractivity contribution < 1.29 is 19.1 Å². The fourth-order valence-electron chi connectivity index (χ4n) is 4.66. The number of likely N-dealkylation sites (N-methyl/N-ethyl adjacent to an activating group) is 2. The number of ether oxygens (including phenoxy) is 1. The van der Waals surface area contributed by atoms with E-state index in [1.54, 1.807) is 14.1 Å². The highest BCUT2D eigenvalue weighted by molar-refractivity contribution is 5.91. The molecule has 29 heavy (non-hydrogen) atoms. The van der Waals surface area contributed by atoms with Crippen molar-refractivity contribution in [2.45, 2.75) is 11.3 Å². The van der Waals surface area contributed by atoms with E-state index in [1.165, 1.54) is 21.8 Å². The Morgan fingerprint density at radius 2 is 1.48 bits per heavy atom. The zero-order valence-corrected chi connectivity index (χ0v) is 16.5. The zero-order chi connectivity index (χ0) is 20.8. The molecule has 2 fully saturated rings. The first-order valence-electron chi connectivity index (χ1n) is 9.20. The van der Waals surface area contributed by atoms with Crippen LogP contribution in [-0.4, -0.2) is 60.5 Å². The molecule has 0 bridgehead atoms. The van der Waals surface area contributed by atoms with Crippen molar-refractivity contribution in [2.24, 2.45) is 0 Å². The Morgan fingerprint density at radius 1 is 0.931 bits per heavy atom. The van der Waals surface area contributed by atoms with E-state index in [2.05, 4.69) is 5.32 Å². The molecule has 1 N–H and O–H groups in total. The summed E-state index contributed by atoms with van der Waals surface area (Å²) in [5, 5.41) is 3.02. The molecule has 150 valence electrons. The first kappa shape index (κ1) is 18.8. The number of carbonyl (C=O) groups is 3. The molecule has 2 saturated heterocycles. The van der Waals surface area contributed by atoms with E-state index in [4.69, 9.17) is 4.74 Å². The standard InChI is InChI=1S/C21H22N4O4/c1-23-19(28)24(2)21(16-12-8-5-9-13-16)20(23,15-10-6-4-7-11-15)22-18(27)25(21)14-17(26)29-3/h4-13H,14H2,1-3H3,(H,22,27)/t20-,21-/m1/s1. The Morgan fingerprint density at radius 3 is 2.03 bits per heavy atom. The van der Waals surface area contributed by atoms with Crippen LogP contribution in [0.5, 0.6) is 0 Å². The quantitative estimate of drug-likeness (QED) is 0.803. The monoisotopic (exact) mass is 394 g/mol. The molecule has 0 radical (unpaired) electrons. The fraction of sp³-hybridized carbons (Fsp3) is 0.286. The third-order valence-corrected chi connectivity index (χ3v) is 5.87. The van der Waals surface area contributed by atoms with Gasteiger partial charge >= 0.3 is 18.0 Å². The Labute approximate surface area is 168 Å². The van der Waals surface area contributed by atoms with Crippen LogP contribution in [0.25, 0.3) is 0 Å². The summed E-state index contributed by atoms with van der Waals surface area (Å²) < 4.78 is 4.84. The number of amides is 4. The molecule has 2 heterocycles. The summed E-state index contributed by atoms with van der Waals surface area (Å²) >= 11 is 0. The lowest BCUT2D eigenvalue weighted by atomic mass is 9.80. The molecule has 0 saturated carbocycles. The van der Waals surface area contributed by atoms with Gasteiger partial charge in [-0.05, 0) is 0 Å². The second-order valence-corrected chi connectivity index (χ2v) is 7.11. The van der Waals surface area contributed by atoms with Gasteiger partial charge in [0.25, 0.3) is 0 Å². The van der Waals surface area contributed by atoms with Gasteiger partial charge in [-0.15, -0.1) is 0 Å². The molecule has 8 heteroatoms. The lowest BCUT2D eigenvalue weighted by Gasteiger charge is -2.46. The van der Waals surface area contributed by atoms with E-state index in [1.807, 2.05) is 60.7 Å². The average molecular weight is 394 g/mol. The molecule has 4 rings (SSSR count). The molecule has 2 aromatic carbocycles. The minimum absolute atomic E-state index is 0.285. The summed E-state index contributed by atoms with van der Waals surface area (Å²) in [5.74, 6) is -0.574. The zero-order valence-electron chi connectivity index (χ0n) is 16.5. The maximum atomic E-state index is 13.2. The van der Waals surface area contributed by atoms with E-state index in [0.717, 1.165) is 5.56 Å². The minimum atomic E-state index is -1.30. The molecule has 2 aromatic rings. The Kier molecular flexibility index (Phi) is 4.22. The topological polar surface area (TPSA) is 82.2 Å². The Hall–Kier alpha value is -3.55. The van der Waals surface area contributed by atoms with Crippen molar-refractivity contribution >= 4 is 18.0 Å². The van der Waals surface area contributed by atoms with Gasteiger partial charge < -0.3 is 10.1 Å². The van der Waals surface area contributed by atoms with Crippen LogP contribution in [0.4, 0.5) is 9.59 Å². The van der Waals surface area contributed by atoms with Crippen molar-refractivity contribution in [1.29, 1.82) is 0 Å².